The number of carbonyl (C=O) groups is 2. The van der Waals surface area contributed by atoms with Gasteiger partial charge >= 0.3 is 12.1 Å². The summed E-state index contributed by atoms with van der Waals surface area (Å²) in [4.78, 5) is 25.6. The number of esters is 1. The quantitative estimate of drug-likeness (QED) is 0.636. The van der Waals surface area contributed by atoms with E-state index in [9.17, 15) is 9.59 Å². The maximum absolute atomic E-state index is 12.0. The number of carbonyl (C=O) groups excluding carboxylic acids is 2. The second-order valence-corrected chi connectivity index (χ2v) is 6.24. The minimum atomic E-state index is -0.514. The average molecular weight is 313 g/mol. The van der Waals surface area contributed by atoms with Gasteiger partial charge in [-0.25, -0.2) is 9.59 Å². The number of rotatable bonds is 4. The third kappa shape index (κ3) is 5.67. The van der Waals surface area contributed by atoms with E-state index in [4.69, 9.17) is 14.6 Å². The molecule has 6 heteroatoms. The Balaban J connectivity index is 2.70. The molecule has 1 amide bonds. The average Bonchev–Trinajstić information content (AvgIpc) is 2.43. The topological polar surface area (TPSA) is 76.1 Å². The lowest BCUT2D eigenvalue weighted by Gasteiger charge is -2.31. The van der Waals surface area contributed by atoms with Crippen molar-refractivity contribution in [3.05, 3.63) is 11.1 Å². The second-order valence-electron chi connectivity index (χ2n) is 6.24. The second kappa shape index (κ2) is 8.17. The Bertz CT molecular complexity index is 426. The zero-order chi connectivity index (χ0) is 16.8. The minimum absolute atomic E-state index is 0.0899. The van der Waals surface area contributed by atoms with E-state index in [-0.39, 0.29) is 18.7 Å². The fourth-order valence-electron chi connectivity index (χ4n) is 2.34. The first-order chi connectivity index (χ1) is 10.3. The summed E-state index contributed by atoms with van der Waals surface area (Å²) in [6, 6.07) is 0. The third-order valence-electron chi connectivity index (χ3n) is 3.33. The van der Waals surface area contributed by atoms with Gasteiger partial charge in [0.05, 0.1) is 6.61 Å². The van der Waals surface area contributed by atoms with Crippen molar-refractivity contribution in [3.63, 3.8) is 0 Å². The van der Waals surface area contributed by atoms with Crippen LogP contribution in [0.25, 0.3) is 0 Å². The van der Waals surface area contributed by atoms with Crippen LogP contribution in [0.5, 0.6) is 0 Å². The molecule has 0 atom stereocenters. The lowest BCUT2D eigenvalue weighted by molar-refractivity contribution is -0.138. The van der Waals surface area contributed by atoms with E-state index in [1.807, 2.05) is 20.8 Å². The summed E-state index contributed by atoms with van der Waals surface area (Å²) in [5.41, 5.74) is 1.00. The van der Waals surface area contributed by atoms with Crippen molar-refractivity contribution in [2.75, 3.05) is 26.3 Å². The van der Waals surface area contributed by atoms with Crippen LogP contribution in [0.3, 0.4) is 0 Å². The first-order valence-electron chi connectivity index (χ1n) is 7.75. The van der Waals surface area contributed by atoms with Crippen molar-refractivity contribution in [2.24, 2.45) is 0 Å². The first kappa shape index (κ1) is 18.5. The molecule has 0 aromatic heterocycles. The molecule has 0 aromatic rings. The number of piperidine rings is 1. The van der Waals surface area contributed by atoms with E-state index in [0.29, 0.717) is 44.5 Å². The number of amides is 1. The van der Waals surface area contributed by atoms with E-state index >= 15 is 0 Å². The molecule has 0 aliphatic carbocycles. The van der Waals surface area contributed by atoms with Gasteiger partial charge in [-0.05, 0) is 40.5 Å². The first-order valence-corrected chi connectivity index (χ1v) is 7.75. The molecule has 6 nitrogen and oxygen atoms in total. The third-order valence-corrected chi connectivity index (χ3v) is 3.33. The molecule has 0 unspecified atom stereocenters. The Morgan fingerprint density at radius 3 is 2.27 bits per heavy atom. The van der Waals surface area contributed by atoms with Gasteiger partial charge < -0.3 is 19.5 Å². The molecule has 1 rings (SSSR count). The zero-order valence-electron chi connectivity index (χ0n) is 14.0. The van der Waals surface area contributed by atoms with Crippen molar-refractivity contribution in [3.8, 4) is 0 Å². The van der Waals surface area contributed by atoms with Crippen LogP contribution in [0.15, 0.2) is 11.1 Å². The number of hydrogen-bond donors (Lipinski definition) is 1. The highest BCUT2D eigenvalue weighted by atomic mass is 16.6. The fraction of sp³-hybridized carbons (Fsp3) is 0.750. The Morgan fingerprint density at radius 2 is 1.82 bits per heavy atom. The van der Waals surface area contributed by atoms with Crippen LogP contribution in [-0.2, 0) is 14.3 Å². The van der Waals surface area contributed by atoms with E-state index in [1.54, 1.807) is 11.8 Å². The van der Waals surface area contributed by atoms with Crippen molar-refractivity contribution in [1.29, 1.82) is 0 Å². The summed E-state index contributed by atoms with van der Waals surface area (Å²) in [5, 5.41) is 9.13. The molecule has 1 fully saturated rings. The maximum atomic E-state index is 12.0. The van der Waals surface area contributed by atoms with E-state index in [1.165, 1.54) is 0 Å². The molecule has 1 heterocycles. The summed E-state index contributed by atoms with van der Waals surface area (Å²) in [6.45, 7) is 8.50. The summed E-state index contributed by atoms with van der Waals surface area (Å²) in [5.74, 6) is -0.364. The number of hydrogen-bond acceptors (Lipinski definition) is 5. The molecule has 126 valence electrons. The van der Waals surface area contributed by atoms with Crippen LogP contribution in [0.2, 0.25) is 0 Å². The predicted molar refractivity (Wildman–Crippen MR) is 82.4 cm³/mol. The largest absolute Gasteiger partial charge is 0.463 e. The number of aliphatic hydroxyl groups excluding tert-OH is 1. The molecule has 0 aromatic carbocycles. The smallest absolute Gasteiger partial charge is 0.410 e. The highest BCUT2D eigenvalue weighted by Crippen LogP contribution is 2.24. The summed E-state index contributed by atoms with van der Waals surface area (Å²) < 4.78 is 10.4. The molecule has 1 aliphatic heterocycles. The molecule has 1 N–H and O–H groups in total. The van der Waals surface area contributed by atoms with Crippen molar-refractivity contribution < 1.29 is 24.2 Å². The molecule has 0 saturated carbocycles. The molecule has 0 spiro atoms. The standard InChI is InChI=1S/C16H27NO5/c1-5-21-14(19)13(8-11-18)12-6-9-17(10-7-12)15(20)22-16(2,3)4/h18H,5-11H2,1-4H3. The van der Waals surface area contributed by atoms with Crippen LogP contribution in [0.4, 0.5) is 4.79 Å². The minimum Gasteiger partial charge on any atom is -0.463 e. The SMILES string of the molecule is CCOC(=O)C(CCO)=C1CCN(C(=O)OC(C)(C)C)CC1. The molecular weight excluding hydrogens is 286 g/mol. The van der Waals surface area contributed by atoms with Crippen molar-refractivity contribution in [1.82, 2.24) is 4.90 Å². The number of likely N-dealkylation sites (tertiary alicyclic amines) is 1. The monoisotopic (exact) mass is 313 g/mol. The van der Waals surface area contributed by atoms with Crippen LogP contribution >= 0.6 is 0 Å². The molecule has 0 radical (unpaired) electrons. The highest BCUT2D eigenvalue weighted by Gasteiger charge is 2.27. The molecular formula is C16H27NO5. The van der Waals surface area contributed by atoms with E-state index in [2.05, 4.69) is 0 Å². The number of nitrogens with zero attached hydrogens (tertiary/aromatic N) is 1. The Morgan fingerprint density at radius 1 is 1.23 bits per heavy atom. The number of ether oxygens (including phenoxy) is 2. The summed E-state index contributed by atoms with van der Waals surface area (Å²) in [6.07, 6.45) is 1.17. The van der Waals surface area contributed by atoms with E-state index < -0.39 is 5.60 Å². The Hall–Kier alpha value is -1.56. The fourth-order valence-corrected chi connectivity index (χ4v) is 2.34. The lowest BCUT2D eigenvalue weighted by Crippen LogP contribution is -2.40. The highest BCUT2D eigenvalue weighted by molar-refractivity contribution is 5.89. The van der Waals surface area contributed by atoms with Gasteiger partial charge in [-0.1, -0.05) is 5.57 Å². The van der Waals surface area contributed by atoms with Crippen LogP contribution in [0, 0.1) is 0 Å². The molecule has 22 heavy (non-hydrogen) atoms. The van der Waals surface area contributed by atoms with Gasteiger partial charge in [-0.2, -0.15) is 0 Å². The lowest BCUT2D eigenvalue weighted by atomic mass is 9.96. The Kier molecular flexibility index (Phi) is 6.87. The van der Waals surface area contributed by atoms with E-state index in [0.717, 1.165) is 5.57 Å². The van der Waals surface area contributed by atoms with Crippen molar-refractivity contribution >= 4 is 12.1 Å². The van der Waals surface area contributed by atoms with Gasteiger partial charge in [0.25, 0.3) is 0 Å². The summed E-state index contributed by atoms with van der Waals surface area (Å²) in [7, 11) is 0. The van der Waals surface area contributed by atoms with Crippen LogP contribution in [-0.4, -0.2) is 54.0 Å². The van der Waals surface area contributed by atoms with Gasteiger partial charge in [-0.3, -0.25) is 0 Å². The Labute approximate surface area is 132 Å². The van der Waals surface area contributed by atoms with Gasteiger partial charge in [-0.15, -0.1) is 0 Å². The normalized spacial score (nSPS) is 15.5. The van der Waals surface area contributed by atoms with Gasteiger partial charge in [0.1, 0.15) is 5.60 Å². The molecule has 1 saturated heterocycles. The molecule has 0 bridgehead atoms. The van der Waals surface area contributed by atoms with Gasteiger partial charge in [0.15, 0.2) is 0 Å². The van der Waals surface area contributed by atoms with Crippen molar-refractivity contribution in [2.45, 2.75) is 52.6 Å². The van der Waals surface area contributed by atoms with Crippen LogP contribution in [0.1, 0.15) is 47.0 Å². The van der Waals surface area contributed by atoms with Gasteiger partial charge in [0, 0.05) is 31.7 Å². The van der Waals surface area contributed by atoms with Crippen LogP contribution < -0.4 is 0 Å². The summed E-state index contributed by atoms with van der Waals surface area (Å²) >= 11 is 0. The molecule has 1 aliphatic rings. The van der Waals surface area contributed by atoms with Gasteiger partial charge in [0.2, 0.25) is 0 Å². The maximum Gasteiger partial charge on any atom is 0.410 e. The zero-order valence-corrected chi connectivity index (χ0v) is 14.0. The predicted octanol–water partition coefficient (Wildman–Crippen LogP) is 2.26. The number of aliphatic hydroxyl groups is 1.